The molecule has 0 fully saturated rings. The SMILES string of the molecule is CCOC(=O)c1ccc(NC(=O)CS(=O)(=O)Cc2ccc(Cl)cc2)cc1. The molecule has 2 aromatic carbocycles. The van der Waals surface area contributed by atoms with Crippen LogP contribution < -0.4 is 5.32 Å². The van der Waals surface area contributed by atoms with Gasteiger partial charge in [-0.15, -0.1) is 0 Å². The number of amides is 1. The first-order valence-electron chi connectivity index (χ1n) is 7.81. The predicted octanol–water partition coefficient (Wildman–Crippen LogP) is 3.07. The molecule has 0 bridgehead atoms. The molecule has 0 heterocycles. The summed E-state index contributed by atoms with van der Waals surface area (Å²) in [5, 5.41) is 3.01. The van der Waals surface area contributed by atoms with Crippen LogP contribution in [0.4, 0.5) is 5.69 Å². The van der Waals surface area contributed by atoms with E-state index in [2.05, 4.69) is 5.32 Å². The third-order valence-corrected chi connectivity index (χ3v) is 5.06. The van der Waals surface area contributed by atoms with Crippen molar-refractivity contribution in [3.8, 4) is 0 Å². The average Bonchev–Trinajstić information content (AvgIpc) is 2.57. The summed E-state index contributed by atoms with van der Waals surface area (Å²) in [6.07, 6.45) is 0. The Kier molecular flexibility index (Phi) is 6.76. The number of hydrogen-bond donors (Lipinski definition) is 1. The number of benzene rings is 2. The minimum Gasteiger partial charge on any atom is -0.462 e. The number of nitrogens with one attached hydrogen (secondary N) is 1. The summed E-state index contributed by atoms with van der Waals surface area (Å²) >= 11 is 5.76. The number of hydrogen-bond acceptors (Lipinski definition) is 5. The van der Waals surface area contributed by atoms with E-state index in [1.54, 1.807) is 31.2 Å². The maximum Gasteiger partial charge on any atom is 0.338 e. The zero-order valence-corrected chi connectivity index (χ0v) is 15.6. The Hall–Kier alpha value is -2.38. The van der Waals surface area contributed by atoms with E-state index in [9.17, 15) is 18.0 Å². The number of carbonyl (C=O) groups excluding carboxylic acids is 2. The molecule has 1 amide bonds. The first-order valence-corrected chi connectivity index (χ1v) is 10.0. The number of rotatable bonds is 7. The minimum atomic E-state index is -3.63. The van der Waals surface area contributed by atoms with Crippen LogP contribution >= 0.6 is 11.6 Å². The van der Waals surface area contributed by atoms with Crippen LogP contribution in [0.2, 0.25) is 5.02 Å². The molecule has 0 aliphatic heterocycles. The smallest absolute Gasteiger partial charge is 0.338 e. The van der Waals surface area contributed by atoms with Crippen LogP contribution in [0, 0.1) is 0 Å². The number of esters is 1. The van der Waals surface area contributed by atoms with Crippen molar-refractivity contribution < 1.29 is 22.7 Å². The number of sulfone groups is 1. The third kappa shape index (κ3) is 6.16. The fraction of sp³-hybridized carbons (Fsp3) is 0.222. The minimum absolute atomic E-state index is 0.251. The van der Waals surface area contributed by atoms with Gasteiger partial charge in [0.05, 0.1) is 17.9 Å². The lowest BCUT2D eigenvalue weighted by atomic mass is 10.2. The molecule has 0 radical (unpaired) electrons. The summed E-state index contributed by atoms with van der Waals surface area (Å²) in [5.74, 6) is -2.01. The molecule has 0 aromatic heterocycles. The maximum absolute atomic E-state index is 12.1. The van der Waals surface area contributed by atoms with E-state index in [1.165, 1.54) is 24.3 Å². The molecule has 0 aliphatic carbocycles. The maximum atomic E-state index is 12.1. The van der Waals surface area contributed by atoms with Crippen molar-refractivity contribution in [2.45, 2.75) is 12.7 Å². The second kappa shape index (κ2) is 8.82. The zero-order valence-electron chi connectivity index (χ0n) is 14.1. The summed E-state index contributed by atoms with van der Waals surface area (Å²) in [5.41, 5.74) is 1.30. The van der Waals surface area contributed by atoms with Crippen LogP contribution in [0.5, 0.6) is 0 Å². The van der Waals surface area contributed by atoms with Gasteiger partial charge in [0.15, 0.2) is 9.84 Å². The van der Waals surface area contributed by atoms with Crippen LogP contribution in [0.1, 0.15) is 22.8 Å². The molecule has 2 aromatic rings. The van der Waals surface area contributed by atoms with E-state index < -0.39 is 27.5 Å². The lowest BCUT2D eigenvalue weighted by Gasteiger charge is -2.08. The van der Waals surface area contributed by atoms with Gasteiger partial charge in [0.1, 0.15) is 5.75 Å². The number of carbonyl (C=O) groups is 2. The van der Waals surface area contributed by atoms with Crippen LogP contribution in [0.3, 0.4) is 0 Å². The summed E-state index contributed by atoms with van der Waals surface area (Å²) < 4.78 is 29.2. The van der Waals surface area contributed by atoms with Gasteiger partial charge in [0.25, 0.3) is 0 Å². The molecule has 6 nitrogen and oxygen atoms in total. The lowest BCUT2D eigenvalue weighted by Crippen LogP contribution is -2.24. The van der Waals surface area contributed by atoms with Crippen LogP contribution in [-0.4, -0.2) is 32.7 Å². The highest BCUT2D eigenvalue weighted by Gasteiger charge is 2.18. The lowest BCUT2D eigenvalue weighted by molar-refractivity contribution is -0.113. The highest BCUT2D eigenvalue weighted by atomic mass is 35.5. The molecular weight excluding hydrogens is 378 g/mol. The molecule has 0 aliphatic rings. The average molecular weight is 396 g/mol. The van der Waals surface area contributed by atoms with Gasteiger partial charge >= 0.3 is 5.97 Å². The van der Waals surface area contributed by atoms with E-state index >= 15 is 0 Å². The van der Waals surface area contributed by atoms with Crippen molar-refractivity contribution in [2.24, 2.45) is 0 Å². The quantitative estimate of drug-likeness (QED) is 0.727. The summed E-state index contributed by atoms with van der Waals surface area (Å²) in [6, 6.07) is 12.4. The monoisotopic (exact) mass is 395 g/mol. The Labute approximate surface area is 157 Å². The zero-order chi connectivity index (χ0) is 19.2. The van der Waals surface area contributed by atoms with Crippen LogP contribution in [0.25, 0.3) is 0 Å². The van der Waals surface area contributed by atoms with E-state index in [0.717, 1.165) is 0 Å². The van der Waals surface area contributed by atoms with Crippen molar-refractivity contribution in [3.63, 3.8) is 0 Å². The normalized spacial score (nSPS) is 11.0. The molecule has 2 rings (SSSR count). The molecule has 0 spiro atoms. The topological polar surface area (TPSA) is 89.5 Å². The fourth-order valence-electron chi connectivity index (χ4n) is 2.19. The summed E-state index contributed by atoms with van der Waals surface area (Å²) in [6.45, 7) is 1.97. The first-order chi connectivity index (χ1) is 12.3. The summed E-state index contributed by atoms with van der Waals surface area (Å²) in [4.78, 5) is 23.6. The van der Waals surface area contributed by atoms with Gasteiger partial charge in [-0.25, -0.2) is 13.2 Å². The van der Waals surface area contributed by atoms with Crippen LogP contribution in [-0.2, 0) is 25.1 Å². The Morgan fingerprint density at radius 1 is 1.04 bits per heavy atom. The van der Waals surface area contributed by atoms with Gasteiger partial charge < -0.3 is 10.1 Å². The molecule has 0 saturated carbocycles. The fourth-order valence-corrected chi connectivity index (χ4v) is 3.59. The molecular formula is C18H18ClNO5S. The highest BCUT2D eigenvalue weighted by molar-refractivity contribution is 7.91. The molecule has 26 heavy (non-hydrogen) atoms. The standard InChI is InChI=1S/C18H18ClNO5S/c1-2-25-18(22)14-5-9-16(10-6-14)20-17(21)12-26(23,24)11-13-3-7-15(19)8-4-13/h3-10H,2,11-12H2,1H3,(H,20,21). The van der Waals surface area contributed by atoms with Crippen LogP contribution in [0.15, 0.2) is 48.5 Å². The van der Waals surface area contributed by atoms with E-state index in [1.807, 2.05) is 0 Å². The third-order valence-electron chi connectivity index (χ3n) is 3.33. The van der Waals surface area contributed by atoms with Gasteiger partial charge in [0, 0.05) is 10.7 Å². The van der Waals surface area contributed by atoms with Crippen molar-refractivity contribution in [1.29, 1.82) is 0 Å². The van der Waals surface area contributed by atoms with Crippen molar-refractivity contribution >= 4 is 39.0 Å². The number of halogens is 1. The van der Waals surface area contributed by atoms with Gasteiger partial charge in [-0.05, 0) is 48.9 Å². The molecule has 138 valence electrons. The molecule has 8 heteroatoms. The number of anilines is 1. The highest BCUT2D eigenvalue weighted by Crippen LogP contribution is 2.14. The second-order valence-corrected chi connectivity index (χ2v) is 8.01. The number of ether oxygens (including phenoxy) is 1. The second-order valence-electron chi connectivity index (χ2n) is 5.50. The van der Waals surface area contributed by atoms with Crippen molar-refractivity contribution in [1.82, 2.24) is 0 Å². The first kappa shape index (κ1) is 19.9. The molecule has 0 atom stereocenters. The molecule has 1 N–H and O–H groups in total. The van der Waals surface area contributed by atoms with Crippen molar-refractivity contribution in [2.75, 3.05) is 17.7 Å². The van der Waals surface area contributed by atoms with Gasteiger partial charge in [-0.3, -0.25) is 4.79 Å². The van der Waals surface area contributed by atoms with Gasteiger partial charge in [-0.1, -0.05) is 23.7 Å². The largest absolute Gasteiger partial charge is 0.462 e. The molecule has 0 unspecified atom stereocenters. The Bertz CT molecular complexity index is 877. The van der Waals surface area contributed by atoms with E-state index in [4.69, 9.17) is 16.3 Å². The van der Waals surface area contributed by atoms with E-state index in [-0.39, 0.29) is 12.4 Å². The van der Waals surface area contributed by atoms with Crippen molar-refractivity contribution in [3.05, 3.63) is 64.7 Å². The van der Waals surface area contributed by atoms with Gasteiger partial charge in [-0.2, -0.15) is 0 Å². The Balaban J connectivity index is 1.94. The molecule has 0 saturated heterocycles. The van der Waals surface area contributed by atoms with E-state index in [0.29, 0.717) is 21.8 Å². The predicted molar refractivity (Wildman–Crippen MR) is 100.0 cm³/mol. The Morgan fingerprint density at radius 2 is 1.65 bits per heavy atom. The summed E-state index contributed by atoms with van der Waals surface area (Å²) in [7, 11) is -3.63. The van der Waals surface area contributed by atoms with Gasteiger partial charge in [0.2, 0.25) is 5.91 Å². The Morgan fingerprint density at radius 3 is 2.23 bits per heavy atom.